The fourth-order valence-corrected chi connectivity index (χ4v) is 3.81. The second-order valence-corrected chi connectivity index (χ2v) is 6.91. The zero-order valence-corrected chi connectivity index (χ0v) is 14.5. The maximum absolute atomic E-state index is 13.4. The molecule has 1 nitrogen and oxygen atoms in total. The highest BCUT2D eigenvalue weighted by Gasteiger charge is 2.53. The van der Waals surface area contributed by atoms with Crippen LogP contribution >= 0.6 is 0 Å². The smallest absolute Gasteiger partial charge is 0.178 e. The van der Waals surface area contributed by atoms with Gasteiger partial charge in [-0.2, -0.15) is 0 Å². The third kappa shape index (κ3) is 2.54. The van der Waals surface area contributed by atoms with Crippen molar-refractivity contribution in [3.05, 3.63) is 90.0 Å². The highest BCUT2D eigenvalue weighted by molar-refractivity contribution is 6.35. The maximum atomic E-state index is 13.4. The molecule has 0 spiro atoms. The van der Waals surface area contributed by atoms with Crippen LogP contribution in [0, 0.1) is 5.92 Å². The van der Waals surface area contributed by atoms with E-state index in [-0.39, 0.29) is 5.78 Å². The summed E-state index contributed by atoms with van der Waals surface area (Å²) in [6.45, 7) is 8.34. The Labute approximate surface area is 144 Å². The fourth-order valence-electron chi connectivity index (χ4n) is 3.81. The number of carbonyl (C=O) groups is 1. The van der Waals surface area contributed by atoms with Crippen molar-refractivity contribution in [1.29, 1.82) is 0 Å². The van der Waals surface area contributed by atoms with Gasteiger partial charge in [-0.25, -0.2) is 0 Å². The Morgan fingerprint density at radius 2 is 1.58 bits per heavy atom. The molecule has 0 heterocycles. The average molecular weight is 316 g/mol. The van der Waals surface area contributed by atoms with Gasteiger partial charge in [-0.1, -0.05) is 80.6 Å². The minimum Gasteiger partial charge on any atom is -0.293 e. The Balaban J connectivity index is 2.21. The second kappa shape index (κ2) is 6.60. The molecule has 0 saturated carbocycles. The molecule has 0 N–H and O–H groups in total. The molecule has 3 rings (SSSR count). The molecule has 1 heteroatoms. The number of benzene rings is 2. The molecule has 0 saturated heterocycles. The Kier molecular flexibility index (Phi) is 4.53. The molecule has 0 amide bonds. The molecule has 24 heavy (non-hydrogen) atoms. The first-order valence-corrected chi connectivity index (χ1v) is 8.61. The monoisotopic (exact) mass is 316 g/mol. The first kappa shape index (κ1) is 16.4. The summed E-state index contributed by atoms with van der Waals surface area (Å²) in [5, 5.41) is 0. The summed E-state index contributed by atoms with van der Waals surface area (Å²) >= 11 is 0. The molecule has 0 aromatic heterocycles. The van der Waals surface area contributed by atoms with Crippen molar-refractivity contribution in [2.45, 2.75) is 32.1 Å². The number of carbonyl (C=O) groups excluding carboxylic acids is 1. The van der Waals surface area contributed by atoms with E-state index in [9.17, 15) is 4.79 Å². The molecule has 0 fully saturated rings. The summed E-state index contributed by atoms with van der Waals surface area (Å²) < 4.78 is 0. The Bertz CT molecular complexity index is 768. The molecular formula is C23H24O. The molecule has 1 aliphatic rings. The van der Waals surface area contributed by atoms with Crippen LogP contribution in [-0.2, 0) is 10.2 Å². The predicted molar refractivity (Wildman–Crippen MR) is 101 cm³/mol. The lowest BCUT2D eigenvalue weighted by Crippen LogP contribution is -2.47. The largest absolute Gasteiger partial charge is 0.293 e. The average Bonchev–Trinajstić information content (AvgIpc) is 2.60. The molecule has 0 aliphatic heterocycles. The fraction of sp³-hybridized carbons (Fsp3) is 0.261. The summed E-state index contributed by atoms with van der Waals surface area (Å²) in [6.07, 6.45) is 3.47. The summed E-state index contributed by atoms with van der Waals surface area (Å²) in [5.41, 5.74) is 3.77. The lowest BCUT2D eigenvalue weighted by atomic mass is 9.55. The quantitative estimate of drug-likeness (QED) is 0.635. The number of Topliss-reactive ketones (excluding diaryl/α,β-unsaturated/α-hetero) is 1. The van der Waals surface area contributed by atoms with Gasteiger partial charge in [0.05, 0.1) is 5.41 Å². The van der Waals surface area contributed by atoms with Crippen LogP contribution < -0.4 is 0 Å². The minimum absolute atomic E-state index is 0.232. The maximum Gasteiger partial charge on any atom is 0.178 e. The van der Waals surface area contributed by atoms with Crippen molar-refractivity contribution in [3.63, 3.8) is 0 Å². The van der Waals surface area contributed by atoms with Crippen LogP contribution in [0.2, 0.25) is 0 Å². The predicted octanol–water partition coefficient (Wildman–Crippen LogP) is 5.58. The Morgan fingerprint density at radius 3 is 2.12 bits per heavy atom. The molecule has 1 aliphatic carbocycles. The van der Waals surface area contributed by atoms with E-state index in [1.54, 1.807) is 0 Å². The van der Waals surface area contributed by atoms with E-state index in [4.69, 9.17) is 0 Å². The third-order valence-corrected chi connectivity index (χ3v) is 4.82. The van der Waals surface area contributed by atoms with Crippen LogP contribution in [0.25, 0.3) is 5.57 Å². The van der Waals surface area contributed by atoms with E-state index in [0.717, 1.165) is 23.1 Å². The van der Waals surface area contributed by atoms with Gasteiger partial charge in [0.1, 0.15) is 0 Å². The highest BCUT2D eigenvalue weighted by Crippen LogP contribution is 2.54. The lowest BCUT2D eigenvalue weighted by molar-refractivity contribution is -0.119. The zero-order valence-electron chi connectivity index (χ0n) is 14.5. The molecule has 2 aromatic rings. The molecule has 122 valence electrons. The van der Waals surface area contributed by atoms with Crippen molar-refractivity contribution in [2.24, 2.45) is 5.92 Å². The van der Waals surface area contributed by atoms with Gasteiger partial charge in [-0.3, -0.25) is 4.79 Å². The summed E-state index contributed by atoms with van der Waals surface area (Å²) in [6, 6.07) is 20.2. The molecule has 0 radical (unpaired) electrons. The summed E-state index contributed by atoms with van der Waals surface area (Å²) in [7, 11) is 0. The van der Waals surface area contributed by atoms with Crippen molar-refractivity contribution in [3.8, 4) is 0 Å². The molecule has 0 bridgehead atoms. The van der Waals surface area contributed by atoms with Crippen LogP contribution in [0.1, 0.15) is 37.8 Å². The van der Waals surface area contributed by atoms with Crippen molar-refractivity contribution in [1.82, 2.24) is 0 Å². The zero-order chi connectivity index (χ0) is 17.2. The normalized spacial score (nSPS) is 20.2. The van der Waals surface area contributed by atoms with Gasteiger partial charge in [0.15, 0.2) is 5.78 Å². The number of allylic oxidation sites excluding steroid dienone is 3. The van der Waals surface area contributed by atoms with Crippen molar-refractivity contribution < 1.29 is 4.79 Å². The number of rotatable bonds is 6. The third-order valence-electron chi connectivity index (χ3n) is 4.82. The van der Waals surface area contributed by atoms with E-state index >= 15 is 0 Å². The van der Waals surface area contributed by atoms with E-state index in [2.05, 4.69) is 32.6 Å². The van der Waals surface area contributed by atoms with E-state index in [1.807, 2.05) is 54.6 Å². The van der Waals surface area contributed by atoms with E-state index in [0.29, 0.717) is 12.3 Å². The number of hydrogen-bond donors (Lipinski definition) is 0. The number of hydrogen-bond acceptors (Lipinski definition) is 1. The lowest BCUT2D eigenvalue weighted by Gasteiger charge is -2.45. The minimum atomic E-state index is -0.529. The molecular weight excluding hydrogens is 292 g/mol. The van der Waals surface area contributed by atoms with Gasteiger partial charge in [0, 0.05) is 5.57 Å². The first-order valence-electron chi connectivity index (χ1n) is 8.61. The van der Waals surface area contributed by atoms with Crippen molar-refractivity contribution >= 4 is 11.4 Å². The van der Waals surface area contributed by atoms with Crippen LogP contribution in [0.15, 0.2) is 78.9 Å². The van der Waals surface area contributed by atoms with Gasteiger partial charge < -0.3 is 0 Å². The first-order chi connectivity index (χ1) is 11.6. The molecule has 1 unspecified atom stereocenters. The standard InChI is InChI=1S/C23H24O/c1-4-15-23(19-13-9-6-10-14-19)20(16-17(2)3)21(22(23)24)18-11-7-5-8-12-18/h4-14,17H,1,15-16H2,2-3H3. The number of ketones is 1. The van der Waals surface area contributed by atoms with Crippen LogP contribution in [-0.4, -0.2) is 5.78 Å². The van der Waals surface area contributed by atoms with Gasteiger partial charge in [-0.15, -0.1) is 6.58 Å². The van der Waals surface area contributed by atoms with Crippen LogP contribution in [0.3, 0.4) is 0 Å². The second-order valence-electron chi connectivity index (χ2n) is 6.91. The Hall–Kier alpha value is -2.41. The van der Waals surface area contributed by atoms with Crippen LogP contribution in [0.4, 0.5) is 0 Å². The molecule has 1 atom stereocenters. The van der Waals surface area contributed by atoms with Gasteiger partial charge in [-0.05, 0) is 35.5 Å². The summed E-state index contributed by atoms with van der Waals surface area (Å²) in [5.74, 6) is 0.732. The van der Waals surface area contributed by atoms with Gasteiger partial charge in [0.2, 0.25) is 0 Å². The SMILES string of the molecule is C=CCC1(c2ccccc2)C(=O)C(c2ccccc2)=C1CC(C)C. The molecule has 2 aromatic carbocycles. The van der Waals surface area contributed by atoms with Crippen molar-refractivity contribution in [2.75, 3.05) is 0 Å². The summed E-state index contributed by atoms with van der Waals surface area (Å²) in [4.78, 5) is 13.4. The van der Waals surface area contributed by atoms with E-state index in [1.165, 1.54) is 5.57 Å². The van der Waals surface area contributed by atoms with Crippen LogP contribution in [0.5, 0.6) is 0 Å². The highest BCUT2D eigenvalue weighted by atomic mass is 16.1. The Morgan fingerprint density at radius 1 is 1.00 bits per heavy atom. The van der Waals surface area contributed by atoms with Gasteiger partial charge >= 0.3 is 0 Å². The topological polar surface area (TPSA) is 17.1 Å². The van der Waals surface area contributed by atoms with Gasteiger partial charge in [0.25, 0.3) is 0 Å². The van der Waals surface area contributed by atoms with E-state index < -0.39 is 5.41 Å².